The lowest BCUT2D eigenvalue weighted by Gasteiger charge is -2.21. The molecule has 1 aromatic carbocycles. The maximum absolute atomic E-state index is 6.01. The SMILES string of the molecule is CCCC[Si](C)(C)OC/C=C/c1ccccc1. The highest BCUT2D eigenvalue weighted by molar-refractivity contribution is 6.71. The van der Waals surface area contributed by atoms with Crippen LogP contribution < -0.4 is 0 Å². The molecule has 0 atom stereocenters. The zero-order valence-electron chi connectivity index (χ0n) is 11.3. The average molecular weight is 248 g/mol. The minimum absolute atomic E-state index is 0.748. The molecule has 0 unspecified atom stereocenters. The molecular weight excluding hydrogens is 224 g/mol. The van der Waals surface area contributed by atoms with E-state index in [0.29, 0.717) is 0 Å². The standard InChI is InChI=1S/C15H24OSi/c1-4-5-14-17(2,3)16-13-9-12-15-10-7-6-8-11-15/h6-12H,4-5,13-14H2,1-3H3/b12-9+. The van der Waals surface area contributed by atoms with Gasteiger partial charge in [0.2, 0.25) is 0 Å². The van der Waals surface area contributed by atoms with Crippen molar-refractivity contribution in [1.29, 1.82) is 0 Å². The van der Waals surface area contributed by atoms with Crippen LogP contribution in [0.25, 0.3) is 6.08 Å². The van der Waals surface area contributed by atoms with Crippen molar-refractivity contribution >= 4 is 14.4 Å². The molecule has 17 heavy (non-hydrogen) atoms. The summed E-state index contributed by atoms with van der Waals surface area (Å²) in [5, 5.41) is 0. The molecule has 0 saturated carbocycles. The van der Waals surface area contributed by atoms with Crippen LogP contribution in [0.3, 0.4) is 0 Å². The van der Waals surface area contributed by atoms with Crippen LogP contribution in [0.1, 0.15) is 25.3 Å². The molecule has 1 rings (SSSR count). The van der Waals surface area contributed by atoms with E-state index in [4.69, 9.17) is 4.43 Å². The van der Waals surface area contributed by atoms with Gasteiger partial charge in [-0.1, -0.05) is 62.2 Å². The van der Waals surface area contributed by atoms with Crippen molar-refractivity contribution in [3.05, 3.63) is 42.0 Å². The van der Waals surface area contributed by atoms with Crippen molar-refractivity contribution < 1.29 is 4.43 Å². The predicted octanol–water partition coefficient (Wildman–Crippen LogP) is 4.72. The van der Waals surface area contributed by atoms with Crippen molar-refractivity contribution in [2.24, 2.45) is 0 Å². The molecule has 0 aliphatic carbocycles. The van der Waals surface area contributed by atoms with Crippen molar-refractivity contribution in [2.45, 2.75) is 38.9 Å². The number of unbranched alkanes of at least 4 members (excludes halogenated alkanes) is 1. The van der Waals surface area contributed by atoms with Gasteiger partial charge in [-0.15, -0.1) is 0 Å². The van der Waals surface area contributed by atoms with Gasteiger partial charge in [-0.3, -0.25) is 0 Å². The fourth-order valence-corrected chi connectivity index (χ4v) is 3.59. The zero-order valence-corrected chi connectivity index (χ0v) is 12.3. The molecule has 0 saturated heterocycles. The van der Waals surface area contributed by atoms with Crippen LogP contribution in [0.2, 0.25) is 19.1 Å². The van der Waals surface area contributed by atoms with Crippen LogP contribution in [-0.2, 0) is 4.43 Å². The van der Waals surface area contributed by atoms with Gasteiger partial charge < -0.3 is 4.43 Å². The maximum Gasteiger partial charge on any atom is 0.187 e. The second kappa shape index (κ2) is 7.46. The first-order chi connectivity index (χ1) is 8.14. The van der Waals surface area contributed by atoms with Gasteiger partial charge in [-0.2, -0.15) is 0 Å². The first kappa shape index (κ1) is 14.2. The topological polar surface area (TPSA) is 9.23 Å². The van der Waals surface area contributed by atoms with Gasteiger partial charge in [0.05, 0.1) is 6.61 Å². The van der Waals surface area contributed by atoms with Crippen LogP contribution in [0.5, 0.6) is 0 Å². The Balaban J connectivity index is 2.29. The lowest BCUT2D eigenvalue weighted by molar-refractivity contribution is 0.351. The number of hydrogen-bond acceptors (Lipinski definition) is 1. The third-order valence-corrected chi connectivity index (χ3v) is 5.32. The molecule has 1 aromatic rings. The Labute approximate surface area is 107 Å². The summed E-state index contributed by atoms with van der Waals surface area (Å²) in [5.74, 6) is 0. The first-order valence-corrected chi connectivity index (χ1v) is 9.61. The van der Waals surface area contributed by atoms with Crippen molar-refractivity contribution in [2.75, 3.05) is 6.61 Å². The highest BCUT2D eigenvalue weighted by Crippen LogP contribution is 2.15. The molecule has 94 valence electrons. The molecule has 0 spiro atoms. The molecule has 0 aromatic heterocycles. The van der Waals surface area contributed by atoms with Crippen LogP contribution in [0, 0.1) is 0 Å². The Kier molecular flexibility index (Phi) is 6.23. The molecular formula is C15H24OSi. The average Bonchev–Trinajstić information content (AvgIpc) is 2.34. The van der Waals surface area contributed by atoms with E-state index in [9.17, 15) is 0 Å². The van der Waals surface area contributed by atoms with E-state index < -0.39 is 8.32 Å². The summed E-state index contributed by atoms with van der Waals surface area (Å²) >= 11 is 0. The Hall–Kier alpha value is -0.863. The Bertz CT molecular complexity index is 330. The molecule has 0 amide bonds. The van der Waals surface area contributed by atoms with Gasteiger partial charge in [-0.05, 0) is 24.7 Å². The lowest BCUT2D eigenvalue weighted by Crippen LogP contribution is -2.29. The smallest absolute Gasteiger partial charge is 0.187 e. The molecule has 0 bridgehead atoms. The lowest BCUT2D eigenvalue weighted by atomic mass is 10.2. The van der Waals surface area contributed by atoms with Gasteiger partial charge >= 0.3 is 0 Å². The molecule has 1 nitrogen and oxygen atoms in total. The van der Waals surface area contributed by atoms with E-state index in [1.807, 2.05) is 6.07 Å². The second-order valence-electron chi connectivity index (χ2n) is 4.99. The molecule has 0 radical (unpaired) electrons. The number of hydrogen-bond donors (Lipinski definition) is 0. The molecule has 0 aliphatic heterocycles. The molecule has 0 heterocycles. The van der Waals surface area contributed by atoms with Crippen molar-refractivity contribution in [3.63, 3.8) is 0 Å². The van der Waals surface area contributed by atoms with Crippen LogP contribution in [0.4, 0.5) is 0 Å². The summed E-state index contributed by atoms with van der Waals surface area (Å²) in [6, 6.07) is 11.6. The summed E-state index contributed by atoms with van der Waals surface area (Å²) in [5.41, 5.74) is 1.24. The van der Waals surface area contributed by atoms with E-state index >= 15 is 0 Å². The van der Waals surface area contributed by atoms with Gasteiger partial charge in [0.25, 0.3) is 0 Å². The van der Waals surface area contributed by atoms with Gasteiger partial charge in [0, 0.05) is 0 Å². The van der Waals surface area contributed by atoms with Crippen molar-refractivity contribution in [3.8, 4) is 0 Å². The minimum Gasteiger partial charge on any atom is -0.414 e. The van der Waals surface area contributed by atoms with Crippen LogP contribution in [-0.4, -0.2) is 14.9 Å². The number of rotatable bonds is 7. The predicted molar refractivity (Wildman–Crippen MR) is 78.6 cm³/mol. The van der Waals surface area contributed by atoms with Gasteiger partial charge in [-0.25, -0.2) is 0 Å². The molecule has 0 N–H and O–H groups in total. The third-order valence-electron chi connectivity index (χ3n) is 2.81. The summed E-state index contributed by atoms with van der Waals surface area (Å²) in [7, 11) is -1.41. The summed E-state index contributed by atoms with van der Waals surface area (Å²) in [4.78, 5) is 0. The Morgan fingerprint density at radius 3 is 2.53 bits per heavy atom. The highest BCUT2D eigenvalue weighted by Gasteiger charge is 2.20. The molecule has 2 heteroatoms. The summed E-state index contributed by atoms with van der Waals surface area (Å²) < 4.78 is 6.01. The van der Waals surface area contributed by atoms with E-state index in [0.717, 1.165) is 6.61 Å². The van der Waals surface area contributed by atoms with Gasteiger partial charge in [0.15, 0.2) is 8.32 Å². The highest BCUT2D eigenvalue weighted by atomic mass is 28.4. The van der Waals surface area contributed by atoms with Crippen molar-refractivity contribution in [1.82, 2.24) is 0 Å². The summed E-state index contributed by atoms with van der Waals surface area (Å²) in [6.07, 6.45) is 6.81. The minimum atomic E-state index is -1.41. The summed E-state index contributed by atoms with van der Waals surface area (Å²) in [6.45, 7) is 7.59. The van der Waals surface area contributed by atoms with E-state index in [1.54, 1.807) is 0 Å². The van der Waals surface area contributed by atoms with E-state index in [2.05, 4.69) is 56.4 Å². The fraction of sp³-hybridized carbons (Fsp3) is 0.467. The van der Waals surface area contributed by atoms with Crippen LogP contribution in [0.15, 0.2) is 36.4 Å². The Morgan fingerprint density at radius 2 is 1.88 bits per heavy atom. The monoisotopic (exact) mass is 248 g/mol. The Morgan fingerprint density at radius 1 is 1.18 bits per heavy atom. The first-order valence-electron chi connectivity index (χ1n) is 6.49. The van der Waals surface area contributed by atoms with E-state index in [1.165, 1.54) is 24.4 Å². The quantitative estimate of drug-likeness (QED) is 0.634. The second-order valence-corrected chi connectivity index (χ2v) is 9.30. The number of benzene rings is 1. The largest absolute Gasteiger partial charge is 0.414 e. The van der Waals surface area contributed by atoms with Crippen LogP contribution >= 0.6 is 0 Å². The zero-order chi connectivity index (χ0) is 12.6. The fourth-order valence-electron chi connectivity index (χ4n) is 1.70. The van der Waals surface area contributed by atoms with E-state index in [-0.39, 0.29) is 0 Å². The molecule has 0 fully saturated rings. The maximum atomic E-state index is 6.01. The van der Waals surface area contributed by atoms with Gasteiger partial charge in [0.1, 0.15) is 0 Å². The third kappa shape index (κ3) is 6.44. The molecule has 0 aliphatic rings. The normalized spacial score (nSPS) is 12.2.